The molecular formula is C15H23N3O2S. The van der Waals surface area contributed by atoms with Crippen LogP contribution in [-0.2, 0) is 11.3 Å². The van der Waals surface area contributed by atoms with Crippen LogP contribution in [-0.4, -0.2) is 46.9 Å². The number of hydrogen-bond acceptors (Lipinski definition) is 3. The molecule has 6 heteroatoms. The Balaban J connectivity index is 1.40. The molecule has 5 nitrogen and oxygen atoms in total. The van der Waals surface area contributed by atoms with Crippen molar-refractivity contribution in [2.24, 2.45) is 0 Å². The Kier molecular flexibility index (Phi) is 4.75. The smallest absolute Gasteiger partial charge is 0.315 e. The number of urea groups is 1. The van der Waals surface area contributed by atoms with E-state index in [2.05, 4.69) is 15.2 Å². The van der Waals surface area contributed by atoms with Gasteiger partial charge in [0.05, 0.1) is 5.60 Å². The van der Waals surface area contributed by atoms with Crippen LogP contribution in [0.2, 0.25) is 0 Å². The predicted octanol–water partition coefficient (Wildman–Crippen LogP) is 1.84. The summed E-state index contributed by atoms with van der Waals surface area (Å²) in [5.74, 6) is 2.25. The third-order valence-electron chi connectivity index (χ3n) is 4.22. The topological polar surface area (TPSA) is 55.3 Å². The molecule has 1 spiro atoms. The van der Waals surface area contributed by atoms with Crippen LogP contribution in [0.15, 0.2) is 24.5 Å². The lowest BCUT2D eigenvalue weighted by atomic mass is 9.90. The fraction of sp³-hybridized carbons (Fsp3) is 0.667. The predicted molar refractivity (Wildman–Crippen MR) is 84.6 cm³/mol. The molecule has 0 saturated carbocycles. The Morgan fingerprint density at radius 3 is 3.05 bits per heavy atom. The first-order valence-electron chi connectivity index (χ1n) is 7.63. The van der Waals surface area contributed by atoms with Gasteiger partial charge >= 0.3 is 6.03 Å². The number of nitrogens with zero attached hydrogens (tertiary/aromatic N) is 1. The molecule has 2 fully saturated rings. The zero-order chi connectivity index (χ0) is 14.5. The van der Waals surface area contributed by atoms with Gasteiger partial charge in [0.15, 0.2) is 0 Å². The Bertz CT molecular complexity index is 457. The minimum Gasteiger partial charge on any atom is -0.374 e. The SMILES string of the molecule is O=C(NCCn1cccc1)N[C@H]1CCO[C@@]2(CCSC2)C1. The van der Waals surface area contributed by atoms with E-state index in [1.54, 1.807) is 0 Å². The average molecular weight is 309 g/mol. The van der Waals surface area contributed by atoms with E-state index in [0.29, 0.717) is 6.54 Å². The van der Waals surface area contributed by atoms with Crippen molar-refractivity contribution in [3.63, 3.8) is 0 Å². The van der Waals surface area contributed by atoms with Crippen LogP contribution in [0.25, 0.3) is 0 Å². The Labute approximate surface area is 129 Å². The summed E-state index contributed by atoms with van der Waals surface area (Å²) in [7, 11) is 0. The van der Waals surface area contributed by atoms with Crippen LogP contribution in [0.4, 0.5) is 4.79 Å². The number of ether oxygens (including phenoxy) is 1. The number of amides is 2. The van der Waals surface area contributed by atoms with E-state index in [4.69, 9.17) is 4.74 Å². The molecule has 2 atom stereocenters. The van der Waals surface area contributed by atoms with Crippen molar-refractivity contribution in [1.82, 2.24) is 15.2 Å². The van der Waals surface area contributed by atoms with Crippen molar-refractivity contribution >= 4 is 17.8 Å². The monoisotopic (exact) mass is 309 g/mol. The second-order valence-corrected chi connectivity index (χ2v) is 6.95. The summed E-state index contributed by atoms with van der Waals surface area (Å²) in [6.07, 6.45) is 6.98. The third-order valence-corrected chi connectivity index (χ3v) is 5.44. The first kappa shape index (κ1) is 14.8. The van der Waals surface area contributed by atoms with E-state index < -0.39 is 0 Å². The molecule has 0 aliphatic carbocycles. The standard InChI is InChI=1S/C15H23N3O2S/c19-14(16-5-8-18-6-1-2-7-18)17-13-3-9-20-15(11-13)4-10-21-12-15/h1-2,6-7,13H,3-5,8-12H2,(H2,16,17,19)/t13-,15-/m0/s1. The Morgan fingerprint density at radius 2 is 2.29 bits per heavy atom. The molecule has 116 valence electrons. The fourth-order valence-electron chi connectivity index (χ4n) is 3.07. The lowest BCUT2D eigenvalue weighted by molar-refractivity contribution is -0.0684. The van der Waals surface area contributed by atoms with E-state index in [1.165, 1.54) is 5.75 Å². The van der Waals surface area contributed by atoms with E-state index >= 15 is 0 Å². The van der Waals surface area contributed by atoms with Crippen molar-refractivity contribution in [3.05, 3.63) is 24.5 Å². The van der Waals surface area contributed by atoms with Gasteiger partial charge < -0.3 is 19.9 Å². The molecule has 1 aromatic rings. The van der Waals surface area contributed by atoms with Crippen LogP contribution in [0, 0.1) is 0 Å². The summed E-state index contributed by atoms with van der Waals surface area (Å²) in [5.41, 5.74) is 0.0198. The molecule has 2 aliphatic heterocycles. The van der Waals surface area contributed by atoms with Gasteiger partial charge in [0.25, 0.3) is 0 Å². The van der Waals surface area contributed by atoms with Crippen molar-refractivity contribution in [1.29, 1.82) is 0 Å². The Hall–Kier alpha value is -1.14. The lowest BCUT2D eigenvalue weighted by Crippen LogP contribution is -2.51. The maximum absolute atomic E-state index is 12.0. The molecule has 2 amide bonds. The molecule has 21 heavy (non-hydrogen) atoms. The summed E-state index contributed by atoms with van der Waals surface area (Å²) in [5, 5.41) is 6.03. The van der Waals surface area contributed by atoms with Crippen LogP contribution in [0.3, 0.4) is 0 Å². The minimum absolute atomic E-state index is 0.0198. The zero-order valence-corrected chi connectivity index (χ0v) is 13.0. The van der Waals surface area contributed by atoms with Crippen molar-refractivity contribution in [2.75, 3.05) is 24.7 Å². The number of thioether (sulfide) groups is 1. The zero-order valence-electron chi connectivity index (χ0n) is 12.2. The summed E-state index contributed by atoms with van der Waals surface area (Å²) in [6, 6.07) is 4.15. The highest BCUT2D eigenvalue weighted by Gasteiger charge is 2.40. The van der Waals surface area contributed by atoms with Gasteiger partial charge in [-0.05, 0) is 37.1 Å². The van der Waals surface area contributed by atoms with E-state index in [9.17, 15) is 4.79 Å². The summed E-state index contributed by atoms with van der Waals surface area (Å²) in [4.78, 5) is 12.0. The summed E-state index contributed by atoms with van der Waals surface area (Å²) < 4.78 is 8.03. The van der Waals surface area contributed by atoms with Gasteiger partial charge in [-0.3, -0.25) is 0 Å². The van der Waals surface area contributed by atoms with Gasteiger partial charge in [0.1, 0.15) is 0 Å². The fourth-order valence-corrected chi connectivity index (χ4v) is 4.45. The third kappa shape index (κ3) is 3.95. The molecule has 1 aromatic heterocycles. The number of rotatable bonds is 4. The van der Waals surface area contributed by atoms with Gasteiger partial charge in [-0.2, -0.15) is 11.8 Å². The highest BCUT2D eigenvalue weighted by molar-refractivity contribution is 7.99. The van der Waals surface area contributed by atoms with Gasteiger partial charge in [-0.1, -0.05) is 0 Å². The molecule has 0 unspecified atom stereocenters. The number of hydrogen-bond donors (Lipinski definition) is 2. The highest BCUT2D eigenvalue weighted by atomic mass is 32.2. The van der Waals surface area contributed by atoms with Gasteiger partial charge in [-0.25, -0.2) is 4.79 Å². The molecule has 2 saturated heterocycles. The lowest BCUT2D eigenvalue weighted by Gasteiger charge is -2.37. The van der Waals surface area contributed by atoms with E-state index in [0.717, 1.165) is 38.2 Å². The second kappa shape index (κ2) is 6.75. The van der Waals surface area contributed by atoms with Crippen LogP contribution >= 0.6 is 11.8 Å². The first-order valence-corrected chi connectivity index (χ1v) is 8.78. The van der Waals surface area contributed by atoms with Crippen LogP contribution < -0.4 is 10.6 Å². The van der Waals surface area contributed by atoms with Gasteiger partial charge in [0.2, 0.25) is 0 Å². The Morgan fingerprint density at radius 1 is 1.43 bits per heavy atom. The van der Waals surface area contributed by atoms with Gasteiger partial charge in [0, 0.05) is 43.9 Å². The number of carbonyl (C=O) groups is 1. The molecule has 3 rings (SSSR count). The number of carbonyl (C=O) groups excluding carboxylic acids is 1. The average Bonchev–Trinajstić information content (AvgIpc) is 3.11. The maximum atomic E-state index is 12.0. The quantitative estimate of drug-likeness (QED) is 0.892. The highest BCUT2D eigenvalue weighted by Crippen LogP contribution is 2.38. The normalized spacial score (nSPS) is 28.7. The van der Waals surface area contributed by atoms with Crippen molar-refractivity contribution < 1.29 is 9.53 Å². The number of aromatic nitrogens is 1. The van der Waals surface area contributed by atoms with Gasteiger partial charge in [-0.15, -0.1) is 0 Å². The molecule has 3 heterocycles. The molecular weight excluding hydrogens is 286 g/mol. The molecule has 0 aromatic carbocycles. The van der Waals surface area contributed by atoms with E-state index in [-0.39, 0.29) is 17.7 Å². The number of nitrogens with one attached hydrogen (secondary N) is 2. The van der Waals surface area contributed by atoms with Crippen LogP contribution in [0.5, 0.6) is 0 Å². The first-order chi connectivity index (χ1) is 10.3. The van der Waals surface area contributed by atoms with Crippen molar-refractivity contribution in [2.45, 2.75) is 37.5 Å². The van der Waals surface area contributed by atoms with Crippen molar-refractivity contribution in [3.8, 4) is 0 Å². The molecule has 2 N–H and O–H groups in total. The molecule has 2 aliphatic rings. The summed E-state index contributed by atoms with van der Waals surface area (Å²) in [6.45, 7) is 2.20. The minimum atomic E-state index is -0.0603. The van der Waals surface area contributed by atoms with Crippen LogP contribution in [0.1, 0.15) is 19.3 Å². The summed E-state index contributed by atoms with van der Waals surface area (Å²) >= 11 is 1.96. The maximum Gasteiger partial charge on any atom is 0.315 e. The second-order valence-electron chi connectivity index (χ2n) is 5.84. The largest absolute Gasteiger partial charge is 0.374 e. The molecule has 0 bridgehead atoms. The van der Waals surface area contributed by atoms with E-state index in [1.807, 2.05) is 36.3 Å². The molecule has 0 radical (unpaired) electrons.